The standard InChI is InChI=1S/2C4H6O4.Cu/c2*5-3(6)1-2-4(7)8;/h2*1-2H2,(H,5,6)(H,7,8);. The monoisotopic (exact) mass is 299 g/mol. The average molecular weight is 300 g/mol. The molecular weight excluding hydrogens is 288 g/mol. The van der Waals surface area contributed by atoms with E-state index in [2.05, 4.69) is 0 Å². The van der Waals surface area contributed by atoms with Crippen LogP contribution < -0.4 is 0 Å². The molecule has 4 N–H and O–H groups in total. The van der Waals surface area contributed by atoms with Gasteiger partial charge in [-0.05, 0) is 0 Å². The van der Waals surface area contributed by atoms with Crippen LogP contribution in [0.15, 0.2) is 0 Å². The first-order valence-electron chi connectivity index (χ1n) is 4.13. The van der Waals surface area contributed by atoms with Crippen molar-refractivity contribution in [2.24, 2.45) is 0 Å². The Labute approximate surface area is 107 Å². The second-order valence-corrected chi connectivity index (χ2v) is 2.57. The van der Waals surface area contributed by atoms with Crippen molar-refractivity contribution in [3.63, 3.8) is 0 Å². The summed E-state index contributed by atoms with van der Waals surface area (Å²) in [4.78, 5) is 38.6. The molecule has 0 aliphatic heterocycles. The Hall–Kier alpha value is -1.60. The first-order chi connectivity index (χ1) is 7.25. The van der Waals surface area contributed by atoms with Crippen molar-refractivity contribution in [2.45, 2.75) is 25.7 Å². The molecule has 0 atom stereocenters. The van der Waals surface area contributed by atoms with E-state index < -0.39 is 23.9 Å². The van der Waals surface area contributed by atoms with E-state index in [9.17, 15) is 19.2 Å². The summed E-state index contributed by atoms with van der Waals surface area (Å²) in [6, 6.07) is 0. The Morgan fingerprint density at radius 2 is 0.647 bits per heavy atom. The van der Waals surface area contributed by atoms with Crippen molar-refractivity contribution in [1.29, 1.82) is 0 Å². The van der Waals surface area contributed by atoms with E-state index in [0.717, 1.165) is 0 Å². The first-order valence-corrected chi connectivity index (χ1v) is 4.13. The number of aliphatic carboxylic acids is 4. The summed E-state index contributed by atoms with van der Waals surface area (Å²) in [7, 11) is 0. The minimum absolute atomic E-state index is 0. The summed E-state index contributed by atoms with van der Waals surface area (Å²) in [5.41, 5.74) is 0. The van der Waals surface area contributed by atoms with Gasteiger partial charge in [0.2, 0.25) is 0 Å². The molecule has 1 radical (unpaired) electrons. The molecule has 103 valence electrons. The van der Waals surface area contributed by atoms with Crippen molar-refractivity contribution in [3.8, 4) is 0 Å². The van der Waals surface area contributed by atoms with E-state index in [0.29, 0.717) is 0 Å². The number of carboxylic acids is 4. The third kappa shape index (κ3) is 31.4. The molecule has 0 aromatic rings. The van der Waals surface area contributed by atoms with Crippen LogP contribution in [-0.2, 0) is 36.2 Å². The molecule has 9 heteroatoms. The van der Waals surface area contributed by atoms with Crippen LogP contribution in [0.3, 0.4) is 0 Å². The third-order valence-corrected chi connectivity index (χ3v) is 1.11. The van der Waals surface area contributed by atoms with Crippen LogP contribution in [0, 0.1) is 0 Å². The summed E-state index contributed by atoms with van der Waals surface area (Å²) in [5.74, 6) is -4.31. The maximum absolute atomic E-state index is 9.64. The molecule has 0 aliphatic carbocycles. The first kappa shape index (κ1) is 20.8. The fourth-order valence-corrected chi connectivity index (χ4v) is 0.428. The number of hydrogen-bond donors (Lipinski definition) is 4. The smallest absolute Gasteiger partial charge is 0.303 e. The van der Waals surface area contributed by atoms with Gasteiger partial charge in [0.15, 0.2) is 0 Å². The van der Waals surface area contributed by atoms with E-state index in [1.807, 2.05) is 0 Å². The quantitative estimate of drug-likeness (QED) is 0.495. The van der Waals surface area contributed by atoms with Crippen LogP contribution in [0.2, 0.25) is 0 Å². The predicted molar refractivity (Wildman–Crippen MR) is 49.0 cm³/mol. The Morgan fingerprint density at radius 3 is 0.706 bits per heavy atom. The van der Waals surface area contributed by atoms with Crippen LogP contribution in [0.25, 0.3) is 0 Å². The summed E-state index contributed by atoms with van der Waals surface area (Å²) in [6.07, 6.45) is -1.19. The zero-order valence-electron chi connectivity index (χ0n) is 8.55. The van der Waals surface area contributed by atoms with Gasteiger partial charge in [0.25, 0.3) is 0 Å². The summed E-state index contributed by atoms with van der Waals surface area (Å²) in [5, 5.41) is 31.6. The molecule has 0 saturated heterocycles. The normalized spacial score (nSPS) is 8.00. The Bertz CT molecular complexity index is 219. The Balaban J connectivity index is -0.000000218. The van der Waals surface area contributed by atoms with Gasteiger partial charge in [0.05, 0.1) is 25.7 Å². The molecule has 0 aromatic heterocycles. The van der Waals surface area contributed by atoms with Crippen LogP contribution in [0.1, 0.15) is 25.7 Å². The molecule has 0 fully saturated rings. The van der Waals surface area contributed by atoms with Crippen molar-refractivity contribution in [1.82, 2.24) is 0 Å². The van der Waals surface area contributed by atoms with Gasteiger partial charge in [-0.1, -0.05) is 0 Å². The number of carboxylic acid groups (broad SMARTS) is 4. The molecule has 0 spiro atoms. The average Bonchev–Trinajstić information content (AvgIpc) is 2.12. The summed E-state index contributed by atoms with van der Waals surface area (Å²) < 4.78 is 0. The largest absolute Gasteiger partial charge is 0.481 e. The minimum atomic E-state index is -1.08. The summed E-state index contributed by atoms with van der Waals surface area (Å²) >= 11 is 0. The molecule has 0 unspecified atom stereocenters. The van der Waals surface area contributed by atoms with Gasteiger partial charge >= 0.3 is 23.9 Å². The number of carbonyl (C=O) groups is 4. The van der Waals surface area contributed by atoms with Gasteiger partial charge < -0.3 is 20.4 Å². The van der Waals surface area contributed by atoms with Crippen molar-refractivity contribution in [2.75, 3.05) is 0 Å². The molecule has 0 aromatic carbocycles. The van der Waals surface area contributed by atoms with E-state index >= 15 is 0 Å². The zero-order chi connectivity index (χ0) is 13.1. The number of rotatable bonds is 6. The van der Waals surface area contributed by atoms with E-state index in [4.69, 9.17) is 20.4 Å². The zero-order valence-corrected chi connectivity index (χ0v) is 9.49. The maximum Gasteiger partial charge on any atom is 0.303 e. The van der Waals surface area contributed by atoms with Crippen molar-refractivity contribution in [3.05, 3.63) is 0 Å². The van der Waals surface area contributed by atoms with E-state index in [-0.39, 0.29) is 42.8 Å². The van der Waals surface area contributed by atoms with Gasteiger partial charge in [-0.15, -0.1) is 0 Å². The fourth-order valence-electron chi connectivity index (χ4n) is 0.428. The van der Waals surface area contributed by atoms with Crippen LogP contribution in [0.4, 0.5) is 0 Å². The van der Waals surface area contributed by atoms with Gasteiger partial charge in [0, 0.05) is 17.1 Å². The number of hydrogen-bond acceptors (Lipinski definition) is 4. The fraction of sp³-hybridized carbons (Fsp3) is 0.500. The van der Waals surface area contributed by atoms with Crippen LogP contribution >= 0.6 is 0 Å². The molecule has 0 bridgehead atoms. The van der Waals surface area contributed by atoms with Crippen LogP contribution in [-0.4, -0.2) is 44.3 Å². The van der Waals surface area contributed by atoms with Crippen LogP contribution in [0.5, 0.6) is 0 Å². The van der Waals surface area contributed by atoms with Gasteiger partial charge in [-0.25, -0.2) is 0 Å². The molecule has 8 nitrogen and oxygen atoms in total. The topological polar surface area (TPSA) is 149 Å². The predicted octanol–water partition coefficient (Wildman–Crippen LogP) is -0.131. The van der Waals surface area contributed by atoms with Gasteiger partial charge in [-0.3, -0.25) is 19.2 Å². The van der Waals surface area contributed by atoms with Gasteiger partial charge in [0.1, 0.15) is 0 Å². The van der Waals surface area contributed by atoms with Crippen molar-refractivity contribution < 1.29 is 56.7 Å². The molecule has 17 heavy (non-hydrogen) atoms. The molecule has 0 amide bonds. The van der Waals surface area contributed by atoms with Gasteiger partial charge in [-0.2, -0.15) is 0 Å². The Kier molecular flexibility index (Phi) is 15.2. The minimum Gasteiger partial charge on any atom is -0.481 e. The second kappa shape index (κ2) is 12.5. The van der Waals surface area contributed by atoms with Crippen molar-refractivity contribution >= 4 is 23.9 Å². The SMILES string of the molecule is O=C(O)CCC(=O)O.O=C(O)CCC(=O)O.[Cu]. The maximum atomic E-state index is 9.64. The molecular formula is C8H12CuO8. The molecule has 0 rings (SSSR count). The van der Waals surface area contributed by atoms with E-state index in [1.54, 1.807) is 0 Å². The third-order valence-electron chi connectivity index (χ3n) is 1.11. The Morgan fingerprint density at radius 1 is 0.529 bits per heavy atom. The molecule has 0 saturated carbocycles. The molecule has 0 aliphatic rings. The van der Waals surface area contributed by atoms with E-state index in [1.165, 1.54) is 0 Å². The molecule has 0 heterocycles. The second-order valence-electron chi connectivity index (χ2n) is 2.57. The summed E-state index contributed by atoms with van der Waals surface area (Å²) in [6.45, 7) is 0.